The molecule has 0 saturated heterocycles. The van der Waals surface area contributed by atoms with E-state index in [1.165, 1.54) is 0 Å². The zero-order chi connectivity index (χ0) is 9.23. The van der Waals surface area contributed by atoms with E-state index in [0.29, 0.717) is 5.11 Å². The van der Waals surface area contributed by atoms with Crippen molar-refractivity contribution in [1.82, 2.24) is 10.6 Å². The van der Waals surface area contributed by atoms with E-state index in [0.717, 1.165) is 12.8 Å². The first-order valence-corrected chi connectivity index (χ1v) is 4.23. The molecule has 0 aliphatic heterocycles. The first-order chi connectivity index (χ1) is 5.81. The van der Waals surface area contributed by atoms with Gasteiger partial charge in [-0.05, 0) is 12.2 Å². The topological polar surface area (TPSA) is 24.1 Å². The predicted molar refractivity (Wildman–Crippen MR) is 55.0 cm³/mol. The Balaban J connectivity index is 3.60. The minimum Gasteiger partial charge on any atom is -0.291 e. The van der Waals surface area contributed by atoms with Crippen LogP contribution in [0.3, 0.4) is 0 Å². The largest absolute Gasteiger partial charge is 0.291 e. The van der Waals surface area contributed by atoms with Gasteiger partial charge in [0.25, 0.3) is 0 Å². The van der Waals surface area contributed by atoms with E-state index >= 15 is 0 Å². The number of rotatable bonds is 0. The quantitative estimate of drug-likeness (QED) is 0.333. The van der Waals surface area contributed by atoms with Gasteiger partial charge in [0.15, 0.2) is 5.11 Å². The molecule has 12 heavy (non-hydrogen) atoms. The van der Waals surface area contributed by atoms with Crippen LogP contribution < -0.4 is 10.6 Å². The second-order valence-corrected chi connectivity index (χ2v) is 2.30. The summed E-state index contributed by atoms with van der Waals surface area (Å²) in [5, 5.41) is 5.85. The average Bonchev–Trinajstić information content (AvgIpc) is 2.06. The molecule has 0 aliphatic rings. The molecule has 0 rings (SSSR count). The number of nitrogens with one attached hydrogen (secondary N) is 2. The summed E-state index contributed by atoms with van der Waals surface area (Å²) in [6.07, 6.45) is 1.63. The van der Waals surface area contributed by atoms with Crippen molar-refractivity contribution < 1.29 is 0 Å². The first-order valence-electron chi connectivity index (χ1n) is 3.83. The highest BCUT2D eigenvalue weighted by molar-refractivity contribution is 7.80. The molecule has 0 saturated carbocycles. The molecule has 64 valence electrons. The van der Waals surface area contributed by atoms with Crippen LogP contribution in [-0.4, -0.2) is 5.11 Å². The zero-order valence-corrected chi connectivity index (χ0v) is 8.14. The Morgan fingerprint density at radius 2 is 1.50 bits per heavy atom. The van der Waals surface area contributed by atoms with E-state index in [1.807, 2.05) is 13.8 Å². The van der Waals surface area contributed by atoms with Gasteiger partial charge < -0.3 is 0 Å². The Hall–Kier alpha value is -1.19. The van der Waals surface area contributed by atoms with Crippen molar-refractivity contribution in [3.8, 4) is 23.9 Å². The second kappa shape index (κ2) is 7.91. The molecule has 2 N–H and O–H groups in total. The Morgan fingerprint density at radius 3 is 1.83 bits per heavy atom. The summed E-state index contributed by atoms with van der Waals surface area (Å²) < 4.78 is 0. The van der Waals surface area contributed by atoms with E-state index in [-0.39, 0.29) is 0 Å². The molecule has 0 aromatic rings. The molecule has 0 bridgehead atoms. The van der Waals surface area contributed by atoms with E-state index in [2.05, 4.69) is 34.6 Å². The summed E-state index contributed by atoms with van der Waals surface area (Å²) in [4.78, 5) is 0. The third kappa shape index (κ3) is 6.92. The van der Waals surface area contributed by atoms with Crippen LogP contribution in [0.4, 0.5) is 0 Å². The molecule has 0 radical (unpaired) electrons. The van der Waals surface area contributed by atoms with E-state index < -0.39 is 0 Å². The zero-order valence-electron chi connectivity index (χ0n) is 7.32. The van der Waals surface area contributed by atoms with E-state index in [4.69, 9.17) is 12.2 Å². The average molecular weight is 180 g/mol. The van der Waals surface area contributed by atoms with Gasteiger partial charge in [-0.3, -0.25) is 10.6 Å². The molecular weight excluding hydrogens is 168 g/mol. The van der Waals surface area contributed by atoms with E-state index in [9.17, 15) is 0 Å². The fraction of sp³-hybridized carbons (Fsp3) is 0.444. The van der Waals surface area contributed by atoms with Gasteiger partial charge in [0.1, 0.15) is 0 Å². The Kier molecular flexibility index (Phi) is 7.13. The maximum absolute atomic E-state index is 4.85. The number of hydrogen-bond donors (Lipinski definition) is 2. The Labute approximate surface area is 79.1 Å². The van der Waals surface area contributed by atoms with Gasteiger partial charge in [-0.2, -0.15) is 0 Å². The molecule has 0 amide bonds. The Morgan fingerprint density at radius 1 is 1.08 bits per heavy atom. The lowest BCUT2D eigenvalue weighted by molar-refractivity contribution is 1.20. The summed E-state index contributed by atoms with van der Waals surface area (Å²) in [5.41, 5.74) is 0. The van der Waals surface area contributed by atoms with Crippen molar-refractivity contribution in [3.05, 3.63) is 0 Å². The van der Waals surface area contributed by atoms with Crippen LogP contribution >= 0.6 is 12.2 Å². The van der Waals surface area contributed by atoms with Crippen molar-refractivity contribution in [2.24, 2.45) is 0 Å². The van der Waals surface area contributed by atoms with Crippen molar-refractivity contribution in [3.63, 3.8) is 0 Å². The van der Waals surface area contributed by atoms with Gasteiger partial charge in [0.2, 0.25) is 0 Å². The fourth-order valence-corrected chi connectivity index (χ4v) is 0.512. The maximum atomic E-state index is 4.85. The summed E-state index contributed by atoms with van der Waals surface area (Å²) in [7, 11) is 0. The molecule has 0 atom stereocenters. The highest BCUT2D eigenvalue weighted by Gasteiger charge is 1.83. The lowest BCUT2D eigenvalue weighted by Gasteiger charge is -1.95. The third-order valence-electron chi connectivity index (χ3n) is 0.882. The minimum atomic E-state index is 0.455. The molecule has 0 aromatic heterocycles. The fourth-order valence-electron chi connectivity index (χ4n) is 0.410. The lowest BCUT2D eigenvalue weighted by Crippen LogP contribution is -2.28. The van der Waals surface area contributed by atoms with Crippen LogP contribution in [0.15, 0.2) is 0 Å². The van der Waals surface area contributed by atoms with Crippen molar-refractivity contribution in [2.75, 3.05) is 0 Å². The van der Waals surface area contributed by atoms with Crippen LogP contribution in [0.25, 0.3) is 0 Å². The predicted octanol–water partition coefficient (Wildman–Crippen LogP) is 1.19. The lowest BCUT2D eigenvalue weighted by atomic mass is 10.5. The van der Waals surface area contributed by atoms with Gasteiger partial charge in [0.05, 0.1) is 0 Å². The minimum absolute atomic E-state index is 0.455. The standard InChI is InChI=1S/C9H12N2S/c1-3-5-7-10-9(12)11-8-6-4-2/h3-4H2,1-2H3,(H2,10,11,12). The molecule has 2 nitrogen and oxygen atoms in total. The van der Waals surface area contributed by atoms with Crippen LogP contribution in [0.1, 0.15) is 26.7 Å². The smallest absolute Gasteiger partial charge is 0.189 e. The molecule has 0 unspecified atom stereocenters. The van der Waals surface area contributed by atoms with Gasteiger partial charge in [-0.15, -0.1) is 0 Å². The van der Waals surface area contributed by atoms with Gasteiger partial charge in [-0.1, -0.05) is 25.7 Å². The van der Waals surface area contributed by atoms with Crippen LogP contribution in [0.5, 0.6) is 0 Å². The van der Waals surface area contributed by atoms with E-state index in [1.54, 1.807) is 0 Å². The van der Waals surface area contributed by atoms with Crippen molar-refractivity contribution in [2.45, 2.75) is 26.7 Å². The normalized spacial score (nSPS) is 6.83. The Bertz CT molecular complexity index is 223. The highest BCUT2D eigenvalue weighted by Crippen LogP contribution is 1.67. The molecule has 0 aromatic carbocycles. The van der Waals surface area contributed by atoms with Crippen LogP contribution in [-0.2, 0) is 0 Å². The van der Waals surface area contributed by atoms with Gasteiger partial charge in [0, 0.05) is 24.9 Å². The number of thiocarbonyl (C=S) groups is 1. The second-order valence-electron chi connectivity index (χ2n) is 1.89. The molecule has 0 fully saturated rings. The van der Waals surface area contributed by atoms with Gasteiger partial charge in [-0.25, -0.2) is 0 Å². The summed E-state index contributed by atoms with van der Waals surface area (Å²) >= 11 is 4.85. The summed E-state index contributed by atoms with van der Waals surface area (Å²) in [6.45, 7) is 3.95. The highest BCUT2D eigenvalue weighted by atomic mass is 32.1. The summed E-state index contributed by atoms with van der Waals surface area (Å²) in [5.74, 6) is 5.67. The third-order valence-corrected chi connectivity index (χ3v) is 1.09. The van der Waals surface area contributed by atoms with Crippen LogP contribution in [0.2, 0.25) is 0 Å². The monoisotopic (exact) mass is 180 g/mol. The molecule has 0 spiro atoms. The molecule has 0 heterocycles. The van der Waals surface area contributed by atoms with Crippen molar-refractivity contribution in [1.29, 1.82) is 0 Å². The van der Waals surface area contributed by atoms with Crippen molar-refractivity contribution >= 4 is 17.3 Å². The maximum Gasteiger partial charge on any atom is 0.189 e. The molecule has 0 aliphatic carbocycles. The SMILES string of the molecule is CCC#CNC(=S)NC#CCC. The summed E-state index contributed by atoms with van der Waals surface area (Å²) in [6, 6.07) is 5.38. The first kappa shape index (κ1) is 10.8. The van der Waals surface area contributed by atoms with Crippen LogP contribution in [0, 0.1) is 23.9 Å². The molecular formula is C9H12N2S. The number of hydrogen-bond acceptors (Lipinski definition) is 1. The molecule has 3 heteroatoms. The van der Waals surface area contributed by atoms with Gasteiger partial charge >= 0.3 is 0 Å².